The zero-order valence-electron chi connectivity index (χ0n) is 20.6. The van der Waals surface area contributed by atoms with Gasteiger partial charge in [-0.25, -0.2) is 5.48 Å². The van der Waals surface area contributed by atoms with Crippen molar-refractivity contribution in [2.75, 3.05) is 39.3 Å². The molecule has 0 spiro atoms. The van der Waals surface area contributed by atoms with Crippen molar-refractivity contribution < 1.29 is 14.8 Å². The molecule has 1 amide bonds. The van der Waals surface area contributed by atoms with E-state index in [0.29, 0.717) is 12.2 Å². The molecule has 1 aliphatic heterocycles. The molecule has 2 aromatic rings. The number of nitrogens with zero attached hydrogens (tertiary/aromatic N) is 3. The van der Waals surface area contributed by atoms with Gasteiger partial charge in [-0.15, -0.1) is 0 Å². The highest BCUT2D eigenvalue weighted by Crippen LogP contribution is 2.35. The summed E-state index contributed by atoms with van der Waals surface area (Å²) in [5.41, 5.74) is 4.99. The SMILES string of the molecule is CCCCN1CCN(CC2CCc3c(c4ccccc4n3CCCCCC(=O)NO)C2=O)CC1. The predicted octanol–water partition coefficient (Wildman–Crippen LogP) is 3.87. The number of rotatable bonds is 11. The van der Waals surface area contributed by atoms with Crippen LogP contribution in [0.2, 0.25) is 0 Å². The number of piperazine rings is 1. The minimum absolute atomic E-state index is 0.0888. The summed E-state index contributed by atoms with van der Waals surface area (Å²) < 4.78 is 2.34. The second-order valence-electron chi connectivity index (χ2n) is 9.93. The highest BCUT2D eigenvalue weighted by atomic mass is 16.5. The summed E-state index contributed by atoms with van der Waals surface area (Å²) in [5, 5.41) is 9.74. The van der Waals surface area contributed by atoms with Crippen LogP contribution in [0, 0.1) is 5.92 Å². The van der Waals surface area contributed by atoms with Crippen LogP contribution in [0.1, 0.15) is 67.9 Å². The van der Waals surface area contributed by atoms with Gasteiger partial charge in [0.25, 0.3) is 0 Å². The van der Waals surface area contributed by atoms with E-state index in [-0.39, 0.29) is 11.8 Å². The first-order chi connectivity index (χ1) is 16.6. The van der Waals surface area contributed by atoms with E-state index in [9.17, 15) is 9.59 Å². The molecule has 1 atom stereocenters. The van der Waals surface area contributed by atoms with Crippen molar-refractivity contribution >= 4 is 22.6 Å². The van der Waals surface area contributed by atoms with E-state index < -0.39 is 0 Å². The van der Waals surface area contributed by atoms with Gasteiger partial charge in [-0.1, -0.05) is 38.0 Å². The standard InChI is InChI=1S/C27H40N4O3/c1-2-3-14-29-16-18-30(19-17-29)20-21-12-13-24-26(27(21)33)22-9-6-7-10-23(22)31(24)15-8-4-5-11-25(32)28-34/h6-7,9-10,21,34H,2-5,8,11-20H2,1H3,(H,28,32). The molecule has 2 aliphatic rings. The monoisotopic (exact) mass is 468 g/mol. The van der Waals surface area contributed by atoms with Gasteiger partial charge in [0.2, 0.25) is 5.91 Å². The number of hydrogen-bond acceptors (Lipinski definition) is 5. The number of nitrogens with one attached hydrogen (secondary N) is 1. The molecule has 1 fully saturated rings. The Kier molecular flexibility index (Phi) is 8.75. The number of aromatic nitrogens is 1. The van der Waals surface area contributed by atoms with Crippen molar-refractivity contribution in [2.45, 2.75) is 64.8 Å². The molecule has 0 saturated carbocycles. The third kappa shape index (κ3) is 5.70. The third-order valence-corrected chi connectivity index (χ3v) is 7.61. The fourth-order valence-corrected chi connectivity index (χ4v) is 5.64. The number of carbonyl (C=O) groups excluding carboxylic acids is 2. The Hall–Kier alpha value is -2.22. The molecule has 2 heterocycles. The molecule has 34 heavy (non-hydrogen) atoms. The molecule has 1 saturated heterocycles. The zero-order chi connectivity index (χ0) is 23.9. The molecule has 7 heteroatoms. The lowest BCUT2D eigenvalue weighted by molar-refractivity contribution is -0.129. The number of benzene rings is 1. The molecule has 7 nitrogen and oxygen atoms in total. The average Bonchev–Trinajstić information content (AvgIpc) is 3.19. The number of fused-ring (bicyclic) bond motifs is 3. The Morgan fingerprint density at radius 3 is 2.56 bits per heavy atom. The maximum absolute atomic E-state index is 13.7. The molecular weight excluding hydrogens is 428 g/mol. The fourth-order valence-electron chi connectivity index (χ4n) is 5.64. The van der Waals surface area contributed by atoms with E-state index in [1.54, 1.807) is 5.48 Å². The van der Waals surface area contributed by atoms with Crippen LogP contribution in [-0.2, 0) is 17.8 Å². The van der Waals surface area contributed by atoms with Gasteiger partial charge in [0.15, 0.2) is 5.78 Å². The summed E-state index contributed by atoms with van der Waals surface area (Å²) in [5.74, 6) is 0.0815. The van der Waals surface area contributed by atoms with Gasteiger partial charge < -0.3 is 14.4 Å². The van der Waals surface area contributed by atoms with E-state index in [1.165, 1.54) is 25.1 Å². The lowest BCUT2D eigenvalue weighted by Gasteiger charge is -2.37. The summed E-state index contributed by atoms with van der Waals surface area (Å²) in [6, 6.07) is 8.32. The van der Waals surface area contributed by atoms with Crippen molar-refractivity contribution in [3.8, 4) is 0 Å². The Morgan fingerprint density at radius 2 is 1.79 bits per heavy atom. The van der Waals surface area contributed by atoms with E-state index in [1.807, 2.05) is 6.07 Å². The van der Waals surface area contributed by atoms with Gasteiger partial charge in [-0.2, -0.15) is 0 Å². The van der Waals surface area contributed by atoms with E-state index in [0.717, 1.165) is 87.8 Å². The van der Waals surface area contributed by atoms with Crippen LogP contribution in [0.4, 0.5) is 0 Å². The number of hydroxylamine groups is 1. The van der Waals surface area contributed by atoms with Crippen LogP contribution < -0.4 is 5.48 Å². The molecule has 2 N–H and O–H groups in total. The molecule has 1 aliphatic carbocycles. The lowest BCUT2D eigenvalue weighted by atomic mass is 9.84. The normalized spacial score (nSPS) is 19.5. The van der Waals surface area contributed by atoms with E-state index in [4.69, 9.17) is 5.21 Å². The number of carbonyl (C=O) groups is 2. The molecule has 1 unspecified atom stereocenters. The molecule has 1 aromatic heterocycles. The van der Waals surface area contributed by atoms with Crippen LogP contribution >= 0.6 is 0 Å². The number of aryl methyl sites for hydroxylation is 1. The second kappa shape index (κ2) is 12.0. The van der Waals surface area contributed by atoms with Crippen LogP contribution in [0.5, 0.6) is 0 Å². The number of para-hydroxylation sites is 1. The van der Waals surface area contributed by atoms with E-state index in [2.05, 4.69) is 39.5 Å². The van der Waals surface area contributed by atoms with Gasteiger partial charge >= 0.3 is 0 Å². The fraction of sp³-hybridized carbons (Fsp3) is 0.630. The van der Waals surface area contributed by atoms with Crippen molar-refractivity contribution in [2.24, 2.45) is 5.92 Å². The molecule has 4 rings (SSSR count). The number of amides is 1. The molecule has 0 bridgehead atoms. The number of unbranched alkanes of at least 4 members (excludes halogenated alkanes) is 3. The van der Waals surface area contributed by atoms with Gasteiger partial charge in [-0.3, -0.25) is 14.8 Å². The van der Waals surface area contributed by atoms with Crippen molar-refractivity contribution in [3.63, 3.8) is 0 Å². The van der Waals surface area contributed by atoms with Crippen molar-refractivity contribution in [1.29, 1.82) is 0 Å². The van der Waals surface area contributed by atoms with Crippen LogP contribution in [0.15, 0.2) is 24.3 Å². The molecule has 1 aromatic carbocycles. The molecule has 0 radical (unpaired) electrons. The quantitative estimate of drug-likeness (QED) is 0.297. The van der Waals surface area contributed by atoms with Gasteiger partial charge in [-0.05, 0) is 44.7 Å². The first-order valence-electron chi connectivity index (χ1n) is 13.1. The van der Waals surface area contributed by atoms with Crippen molar-refractivity contribution in [3.05, 3.63) is 35.5 Å². The molecule has 186 valence electrons. The maximum Gasteiger partial charge on any atom is 0.243 e. The first kappa shape index (κ1) is 24.9. The Balaban J connectivity index is 1.40. The Labute approximate surface area is 203 Å². The summed E-state index contributed by atoms with van der Waals surface area (Å²) in [6.07, 6.45) is 7.34. The Morgan fingerprint density at radius 1 is 1.03 bits per heavy atom. The van der Waals surface area contributed by atoms with Gasteiger partial charge in [0.05, 0.1) is 0 Å². The first-order valence-corrected chi connectivity index (χ1v) is 13.1. The summed E-state index contributed by atoms with van der Waals surface area (Å²) in [7, 11) is 0. The summed E-state index contributed by atoms with van der Waals surface area (Å²) in [6.45, 7) is 9.55. The lowest BCUT2D eigenvalue weighted by Crippen LogP contribution is -2.49. The Bertz CT molecular complexity index is 978. The number of ketones is 1. The highest BCUT2D eigenvalue weighted by Gasteiger charge is 2.34. The number of hydrogen-bond donors (Lipinski definition) is 2. The minimum atomic E-state index is -0.331. The third-order valence-electron chi connectivity index (χ3n) is 7.61. The smallest absolute Gasteiger partial charge is 0.243 e. The topological polar surface area (TPSA) is 77.8 Å². The maximum atomic E-state index is 13.7. The average molecular weight is 469 g/mol. The molecular formula is C27H40N4O3. The summed E-state index contributed by atoms with van der Waals surface area (Å²) in [4.78, 5) is 30.0. The number of Topliss-reactive ketones (excluding diaryl/α,β-unsaturated/α-hetero) is 1. The van der Waals surface area contributed by atoms with Crippen LogP contribution in [0.3, 0.4) is 0 Å². The van der Waals surface area contributed by atoms with Gasteiger partial charge in [0.1, 0.15) is 0 Å². The minimum Gasteiger partial charge on any atom is -0.344 e. The summed E-state index contributed by atoms with van der Waals surface area (Å²) >= 11 is 0. The largest absolute Gasteiger partial charge is 0.344 e. The predicted molar refractivity (Wildman–Crippen MR) is 134 cm³/mol. The zero-order valence-corrected chi connectivity index (χ0v) is 20.6. The van der Waals surface area contributed by atoms with Crippen LogP contribution in [0.25, 0.3) is 10.9 Å². The van der Waals surface area contributed by atoms with E-state index >= 15 is 0 Å². The van der Waals surface area contributed by atoms with Gasteiger partial charge in [0, 0.05) is 73.8 Å². The highest BCUT2D eigenvalue weighted by molar-refractivity contribution is 6.11. The second-order valence-corrected chi connectivity index (χ2v) is 9.93. The van der Waals surface area contributed by atoms with Crippen LogP contribution in [-0.4, -0.2) is 70.5 Å². The van der Waals surface area contributed by atoms with Crippen molar-refractivity contribution in [1.82, 2.24) is 19.8 Å².